The van der Waals surface area contributed by atoms with Gasteiger partial charge in [0.2, 0.25) is 0 Å². The average molecular weight is 388 g/mol. The van der Waals surface area contributed by atoms with Crippen LogP contribution in [0.3, 0.4) is 0 Å². The van der Waals surface area contributed by atoms with Crippen LogP contribution in [0, 0.1) is 5.82 Å². The van der Waals surface area contributed by atoms with E-state index in [0.29, 0.717) is 25.1 Å². The molecule has 0 aliphatic heterocycles. The highest BCUT2D eigenvalue weighted by atomic mass is 19.1. The van der Waals surface area contributed by atoms with Gasteiger partial charge in [-0.3, -0.25) is 4.79 Å². The number of amides is 1. The van der Waals surface area contributed by atoms with E-state index in [0.717, 1.165) is 27.8 Å². The summed E-state index contributed by atoms with van der Waals surface area (Å²) >= 11 is 0. The van der Waals surface area contributed by atoms with Gasteiger partial charge in [0.1, 0.15) is 18.2 Å². The van der Waals surface area contributed by atoms with Gasteiger partial charge in [0.25, 0.3) is 5.91 Å². The number of halogens is 1. The Bertz CT molecular complexity index is 1100. The standard InChI is InChI=1S/C24H21FN2O2/c25-20-8-6-18(7-9-20)24(28)26-13-12-19-15-27-23-14-21(10-11-22(19)23)29-16-17-4-2-1-3-5-17/h1-11,14-15,27H,12-13,16H2,(H,26,28). The Morgan fingerprint density at radius 1 is 1.00 bits per heavy atom. The molecule has 0 bridgehead atoms. The highest BCUT2D eigenvalue weighted by Crippen LogP contribution is 2.24. The summed E-state index contributed by atoms with van der Waals surface area (Å²) in [6.07, 6.45) is 2.65. The number of fused-ring (bicyclic) bond motifs is 1. The summed E-state index contributed by atoms with van der Waals surface area (Å²) in [7, 11) is 0. The first-order valence-electron chi connectivity index (χ1n) is 9.49. The maximum atomic E-state index is 13.0. The molecule has 0 spiro atoms. The summed E-state index contributed by atoms with van der Waals surface area (Å²) in [6, 6.07) is 21.5. The molecule has 3 aromatic carbocycles. The lowest BCUT2D eigenvalue weighted by Gasteiger charge is -2.07. The van der Waals surface area contributed by atoms with Gasteiger partial charge in [0.05, 0.1) is 0 Å². The van der Waals surface area contributed by atoms with Crippen molar-refractivity contribution in [1.82, 2.24) is 10.3 Å². The molecule has 5 heteroatoms. The van der Waals surface area contributed by atoms with E-state index in [1.54, 1.807) is 0 Å². The van der Waals surface area contributed by atoms with Crippen molar-refractivity contribution in [1.29, 1.82) is 0 Å². The number of aromatic nitrogens is 1. The van der Waals surface area contributed by atoms with Gasteiger partial charge in [0.15, 0.2) is 0 Å². The van der Waals surface area contributed by atoms with Crippen molar-refractivity contribution in [3.63, 3.8) is 0 Å². The van der Waals surface area contributed by atoms with E-state index in [2.05, 4.69) is 10.3 Å². The summed E-state index contributed by atoms with van der Waals surface area (Å²) < 4.78 is 18.8. The minimum atomic E-state index is -0.354. The zero-order valence-corrected chi connectivity index (χ0v) is 15.8. The van der Waals surface area contributed by atoms with E-state index in [-0.39, 0.29) is 11.7 Å². The van der Waals surface area contributed by atoms with E-state index >= 15 is 0 Å². The molecule has 29 heavy (non-hydrogen) atoms. The lowest BCUT2D eigenvalue weighted by Crippen LogP contribution is -2.25. The Balaban J connectivity index is 1.35. The van der Waals surface area contributed by atoms with Crippen LogP contribution in [0.25, 0.3) is 10.9 Å². The number of carbonyl (C=O) groups excluding carboxylic acids is 1. The van der Waals surface area contributed by atoms with Crippen LogP contribution in [0.5, 0.6) is 5.75 Å². The van der Waals surface area contributed by atoms with Gasteiger partial charge in [-0.1, -0.05) is 30.3 Å². The smallest absolute Gasteiger partial charge is 0.251 e. The largest absolute Gasteiger partial charge is 0.489 e. The summed E-state index contributed by atoms with van der Waals surface area (Å²) in [6.45, 7) is 1.02. The Morgan fingerprint density at radius 3 is 2.59 bits per heavy atom. The van der Waals surface area contributed by atoms with E-state index in [1.165, 1.54) is 24.3 Å². The molecule has 4 rings (SSSR count). The van der Waals surface area contributed by atoms with Gasteiger partial charge in [-0.25, -0.2) is 4.39 Å². The summed E-state index contributed by atoms with van der Waals surface area (Å²) in [5.41, 5.74) is 3.69. The molecule has 4 nitrogen and oxygen atoms in total. The lowest BCUT2D eigenvalue weighted by atomic mass is 10.1. The minimum Gasteiger partial charge on any atom is -0.489 e. The molecule has 0 atom stereocenters. The highest BCUT2D eigenvalue weighted by molar-refractivity contribution is 5.94. The summed E-state index contributed by atoms with van der Waals surface area (Å²) in [5.74, 6) is 0.244. The van der Waals surface area contributed by atoms with Crippen molar-refractivity contribution in [2.45, 2.75) is 13.0 Å². The molecule has 1 heterocycles. The maximum Gasteiger partial charge on any atom is 0.251 e. The second kappa shape index (κ2) is 8.61. The first-order valence-corrected chi connectivity index (χ1v) is 9.49. The highest BCUT2D eigenvalue weighted by Gasteiger charge is 2.08. The van der Waals surface area contributed by atoms with Gasteiger partial charge in [0, 0.05) is 35.3 Å². The fourth-order valence-corrected chi connectivity index (χ4v) is 3.22. The Morgan fingerprint density at radius 2 is 1.79 bits per heavy atom. The van der Waals surface area contributed by atoms with Crippen molar-refractivity contribution in [3.05, 3.63) is 102 Å². The number of nitrogens with one attached hydrogen (secondary N) is 2. The van der Waals surface area contributed by atoms with Crippen molar-refractivity contribution < 1.29 is 13.9 Å². The molecule has 0 aliphatic carbocycles. The molecule has 2 N–H and O–H groups in total. The fraction of sp³-hybridized carbons (Fsp3) is 0.125. The van der Waals surface area contributed by atoms with E-state index in [9.17, 15) is 9.18 Å². The zero-order chi connectivity index (χ0) is 20.1. The van der Waals surface area contributed by atoms with Gasteiger partial charge in [-0.2, -0.15) is 0 Å². The molecular weight excluding hydrogens is 367 g/mol. The molecule has 1 amide bonds. The van der Waals surface area contributed by atoms with Crippen LogP contribution < -0.4 is 10.1 Å². The van der Waals surface area contributed by atoms with Crippen LogP contribution in [-0.2, 0) is 13.0 Å². The lowest BCUT2D eigenvalue weighted by molar-refractivity contribution is 0.0954. The molecule has 4 aromatic rings. The Labute approximate surface area is 168 Å². The van der Waals surface area contributed by atoms with E-state index in [4.69, 9.17) is 4.74 Å². The number of hydrogen-bond donors (Lipinski definition) is 2. The van der Waals surface area contributed by atoms with Crippen molar-refractivity contribution in [2.24, 2.45) is 0 Å². The minimum absolute atomic E-state index is 0.207. The molecule has 146 valence electrons. The average Bonchev–Trinajstić information content (AvgIpc) is 3.16. The molecule has 0 aliphatic rings. The van der Waals surface area contributed by atoms with Gasteiger partial charge in [-0.05, 0) is 53.9 Å². The van der Waals surface area contributed by atoms with Crippen LogP contribution >= 0.6 is 0 Å². The molecule has 0 unspecified atom stereocenters. The number of aromatic amines is 1. The van der Waals surface area contributed by atoms with Gasteiger partial charge >= 0.3 is 0 Å². The predicted octanol–water partition coefficient (Wildman–Crippen LogP) is 4.86. The molecule has 0 saturated heterocycles. The normalized spacial score (nSPS) is 10.8. The number of benzene rings is 3. The van der Waals surface area contributed by atoms with Gasteiger partial charge in [-0.15, -0.1) is 0 Å². The number of carbonyl (C=O) groups is 1. The van der Waals surface area contributed by atoms with Gasteiger partial charge < -0.3 is 15.0 Å². The SMILES string of the molecule is O=C(NCCc1c[nH]c2cc(OCc3ccccc3)ccc12)c1ccc(F)cc1. The first kappa shape index (κ1) is 18.7. The zero-order valence-electron chi connectivity index (χ0n) is 15.8. The molecule has 0 fully saturated rings. The molecule has 0 saturated carbocycles. The molecule has 0 radical (unpaired) electrons. The number of ether oxygens (including phenoxy) is 1. The first-order chi connectivity index (χ1) is 14.2. The van der Waals surface area contributed by atoms with Crippen LogP contribution in [0.4, 0.5) is 4.39 Å². The second-order valence-electron chi connectivity index (χ2n) is 6.81. The number of rotatable bonds is 7. The number of H-pyrrole nitrogens is 1. The predicted molar refractivity (Wildman–Crippen MR) is 112 cm³/mol. The Kier molecular flexibility index (Phi) is 5.56. The van der Waals surface area contributed by atoms with Crippen LogP contribution in [0.2, 0.25) is 0 Å². The number of hydrogen-bond acceptors (Lipinski definition) is 2. The van der Waals surface area contributed by atoms with E-state index in [1.807, 2.05) is 54.7 Å². The maximum absolute atomic E-state index is 13.0. The summed E-state index contributed by atoms with van der Waals surface area (Å²) in [5, 5.41) is 3.98. The third kappa shape index (κ3) is 4.63. The van der Waals surface area contributed by atoms with Crippen LogP contribution in [-0.4, -0.2) is 17.4 Å². The van der Waals surface area contributed by atoms with Crippen LogP contribution in [0.1, 0.15) is 21.5 Å². The van der Waals surface area contributed by atoms with Crippen molar-refractivity contribution >= 4 is 16.8 Å². The van der Waals surface area contributed by atoms with Crippen LogP contribution in [0.15, 0.2) is 79.0 Å². The Hall–Kier alpha value is -3.60. The third-order valence-corrected chi connectivity index (χ3v) is 4.77. The molecule has 1 aromatic heterocycles. The van der Waals surface area contributed by atoms with E-state index < -0.39 is 0 Å². The quantitative estimate of drug-likeness (QED) is 0.475. The fourth-order valence-electron chi connectivity index (χ4n) is 3.22. The summed E-state index contributed by atoms with van der Waals surface area (Å²) in [4.78, 5) is 15.4. The van der Waals surface area contributed by atoms with Crippen molar-refractivity contribution in [2.75, 3.05) is 6.54 Å². The second-order valence-corrected chi connectivity index (χ2v) is 6.81. The monoisotopic (exact) mass is 388 g/mol. The third-order valence-electron chi connectivity index (χ3n) is 4.77. The topological polar surface area (TPSA) is 54.1 Å². The van der Waals surface area contributed by atoms with Crippen molar-refractivity contribution in [3.8, 4) is 5.75 Å². The molecular formula is C24H21FN2O2.